The van der Waals surface area contributed by atoms with E-state index in [9.17, 15) is 19.7 Å². The van der Waals surface area contributed by atoms with Gasteiger partial charge in [-0.15, -0.1) is 0 Å². The van der Waals surface area contributed by atoms with Gasteiger partial charge in [0, 0.05) is 32.3 Å². The average Bonchev–Trinajstić information content (AvgIpc) is 2.16. The molecule has 2 N–H and O–H groups in total. The molecule has 0 saturated heterocycles. The molecule has 0 fully saturated rings. The zero-order chi connectivity index (χ0) is 11.6. The van der Waals surface area contributed by atoms with Crippen LogP contribution in [0.2, 0.25) is 0 Å². The van der Waals surface area contributed by atoms with E-state index in [0.717, 1.165) is 18.2 Å². The smallest absolute Gasteiger partial charge is 0.343 e. The fourth-order valence-corrected chi connectivity index (χ4v) is 1.10. The molecule has 7 nitrogen and oxygen atoms in total. The van der Waals surface area contributed by atoms with Crippen molar-refractivity contribution in [3.63, 3.8) is 0 Å². The molecule has 0 heterocycles. The molecule has 0 spiro atoms. The number of benzene rings is 1. The Bertz CT molecular complexity index is 426. The van der Waals surface area contributed by atoms with Gasteiger partial charge in [-0.2, -0.15) is 0 Å². The third-order valence-corrected chi connectivity index (χ3v) is 1.68. The summed E-state index contributed by atoms with van der Waals surface area (Å²) in [6, 6.07) is 3.06. The van der Waals surface area contributed by atoms with Gasteiger partial charge >= 0.3 is 11.9 Å². The Hall–Kier alpha value is -1.56. The third kappa shape index (κ3) is 2.73. The predicted molar refractivity (Wildman–Crippen MR) is 47.0 cm³/mol. The number of carboxylic acid groups (broad SMARTS) is 2. The van der Waals surface area contributed by atoms with E-state index in [0.29, 0.717) is 0 Å². The zero-order valence-electron chi connectivity index (χ0n) is 7.71. The molecule has 8 heteroatoms. The Labute approximate surface area is 108 Å². The van der Waals surface area contributed by atoms with Crippen molar-refractivity contribution in [2.24, 2.45) is 0 Å². The van der Waals surface area contributed by atoms with Gasteiger partial charge in [0.2, 0.25) is 0 Å². The second kappa shape index (κ2) is 5.51. The Balaban J connectivity index is 0.00000225. The van der Waals surface area contributed by atoms with Crippen LogP contribution in [0.5, 0.6) is 0 Å². The van der Waals surface area contributed by atoms with Crippen molar-refractivity contribution >= 4 is 17.6 Å². The SMILES string of the molecule is O=C(O)c1cccc([N+](=O)[O-])c1C(=O)O.[Zr]. The third-order valence-electron chi connectivity index (χ3n) is 1.68. The van der Waals surface area contributed by atoms with E-state index < -0.39 is 33.7 Å². The summed E-state index contributed by atoms with van der Waals surface area (Å²) in [7, 11) is 0. The summed E-state index contributed by atoms with van der Waals surface area (Å²) in [5.41, 5.74) is -2.14. The monoisotopic (exact) mass is 301 g/mol. The van der Waals surface area contributed by atoms with Crippen LogP contribution in [0.15, 0.2) is 18.2 Å². The Morgan fingerprint density at radius 3 is 2.12 bits per heavy atom. The molecule has 0 saturated carbocycles. The van der Waals surface area contributed by atoms with Crippen LogP contribution in [0.4, 0.5) is 5.69 Å². The van der Waals surface area contributed by atoms with Crippen LogP contribution < -0.4 is 0 Å². The van der Waals surface area contributed by atoms with E-state index in [4.69, 9.17) is 10.2 Å². The maximum absolute atomic E-state index is 10.7. The summed E-state index contributed by atoms with van der Waals surface area (Å²) in [5, 5.41) is 27.8. The van der Waals surface area contributed by atoms with Gasteiger partial charge < -0.3 is 10.2 Å². The standard InChI is InChI=1S/C8H5NO6.Zr/c10-7(11)4-2-1-3-5(9(14)15)6(4)8(12)13;/h1-3H,(H,10,11)(H,12,13);. The Morgan fingerprint density at radius 1 is 1.19 bits per heavy atom. The van der Waals surface area contributed by atoms with Crippen LogP contribution in [-0.4, -0.2) is 27.1 Å². The molecule has 0 bridgehead atoms. The van der Waals surface area contributed by atoms with E-state index in [1.165, 1.54) is 0 Å². The fraction of sp³-hybridized carbons (Fsp3) is 0. The molecule has 0 aromatic heterocycles. The molecule has 82 valence electrons. The van der Waals surface area contributed by atoms with Gasteiger partial charge in [-0.25, -0.2) is 9.59 Å². The van der Waals surface area contributed by atoms with Crippen molar-refractivity contribution in [1.29, 1.82) is 0 Å². The van der Waals surface area contributed by atoms with Gasteiger partial charge in [0.15, 0.2) is 5.56 Å². The van der Waals surface area contributed by atoms with E-state index in [1.807, 2.05) is 0 Å². The fourth-order valence-electron chi connectivity index (χ4n) is 1.10. The maximum Gasteiger partial charge on any atom is 0.343 e. The summed E-state index contributed by atoms with van der Waals surface area (Å²) in [6.45, 7) is 0. The van der Waals surface area contributed by atoms with Crippen LogP contribution in [0.1, 0.15) is 20.7 Å². The van der Waals surface area contributed by atoms with E-state index in [1.54, 1.807) is 0 Å². The molecule has 0 aliphatic rings. The Morgan fingerprint density at radius 2 is 1.75 bits per heavy atom. The number of rotatable bonds is 3. The largest absolute Gasteiger partial charge is 0.478 e. The van der Waals surface area contributed by atoms with Crippen molar-refractivity contribution in [1.82, 2.24) is 0 Å². The van der Waals surface area contributed by atoms with E-state index >= 15 is 0 Å². The normalized spacial score (nSPS) is 9.00. The average molecular weight is 302 g/mol. The van der Waals surface area contributed by atoms with Crippen molar-refractivity contribution in [2.45, 2.75) is 0 Å². The number of carboxylic acids is 2. The molecular weight excluding hydrogens is 297 g/mol. The van der Waals surface area contributed by atoms with Crippen molar-refractivity contribution in [2.75, 3.05) is 0 Å². The van der Waals surface area contributed by atoms with Gasteiger partial charge in [0.25, 0.3) is 5.69 Å². The molecule has 0 amide bonds. The number of nitrogens with zero attached hydrogens (tertiary/aromatic N) is 1. The van der Waals surface area contributed by atoms with E-state index in [-0.39, 0.29) is 26.2 Å². The summed E-state index contributed by atoms with van der Waals surface area (Å²) in [5.74, 6) is -3.16. The first-order valence-electron chi connectivity index (χ1n) is 3.69. The Kier molecular flexibility index (Phi) is 4.97. The minimum Gasteiger partial charge on any atom is -0.478 e. The second-order valence-corrected chi connectivity index (χ2v) is 2.57. The second-order valence-electron chi connectivity index (χ2n) is 2.57. The summed E-state index contributed by atoms with van der Waals surface area (Å²) >= 11 is 0. The predicted octanol–water partition coefficient (Wildman–Crippen LogP) is 0.989. The van der Waals surface area contributed by atoms with Crippen LogP contribution in [0, 0.1) is 10.1 Å². The van der Waals surface area contributed by atoms with Crippen LogP contribution >= 0.6 is 0 Å². The topological polar surface area (TPSA) is 118 Å². The molecule has 0 unspecified atom stereocenters. The van der Waals surface area contributed by atoms with Gasteiger partial charge in [-0.3, -0.25) is 10.1 Å². The molecule has 1 aromatic rings. The van der Waals surface area contributed by atoms with Crippen LogP contribution in [0.25, 0.3) is 0 Å². The molecule has 0 aliphatic carbocycles. The quantitative estimate of drug-likeness (QED) is 0.635. The number of nitro benzene ring substituents is 1. The minimum absolute atomic E-state index is 0. The number of carbonyl (C=O) groups is 2. The van der Waals surface area contributed by atoms with Crippen LogP contribution in [-0.2, 0) is 26.2 Å². The van der Waals surface area contributed by atoms with Crippen LogP contribution in [0.3, 0.4) is 0 Å². The number of hydrogen-bond donors (Lipinski definition) is 2. The first kappa shape index (κ1) is 14.4. The molecule has 1 aromatic carbocycles. The molecular formula is C8H5NO6Zr. The van der Waals surface area contributed by atoms with Crippen molar-refractivity contribution < 1.29 is 50.9 Å². The molecule has 16 heavy (non-hydrogen) atoms. The first-order valence-corrected chi connectivity index (χ1v) is 3.69. The molecule has 0 aliphatic heterocycles. The van der Waals surface area contributed by atoms with Gasteiger partial charge in [-0.1, -0.05) is 6.07 Å². The zero-order valence-corrected chi connectivity index (χ0v) is 10.2. The van der Waals surface area contributed by atoms with Crippen molar-refractivity contribution in [3.05, 3.63) is 39.4 Å². The molecule has 1 rings (SSSR count). The minimum atomic E-state index is -1.64. The number of aromatic carboxylic acids is 2. The maximum atomic E-state index is 10.7. The molecule has 0 radical (unpaired) electrons. The van der Waals surface area contributed by atoms with E-state index in [2.05, 4.69) is 0 Å². The summed E-state index contributed by atoms with van der Waals surface area (Å²) < 4.78 is 0. The first-order chi connectivity index (χ1) is 6.95. The van der Waals surface area contributed by atoms with Gasteiger partial charge in [0.05, 0.1) is 10.5 Å². The number of hydrogen-bond acceptors (Lipinski definition) is 4. The van der Waals surface area contributed by atoms with Gasteiger partial charge in [-0.05, 0) is 6.07 Å². The summed E-state index contributed by atoms with van der Waals surface area (Å²) in [4.78, 5) is 30.8. The molecule has 0 atom stereocenters. The summed E-state index contributed by atoms with van der Waals surface area (Å²) in [6.07, 6.45) is 0. The number of nitro groups is 1. The van der Waals surface area contributed by atoms with Gasteiger partial charge in [0.1, 0.15) is 0 Å². The van der Waals surface area contributed by atoms with Crippen molar-refractivity contribution in [3.8, 4) is 0 Å².